The van der Waals surface area contributed by atoms with Gasteiger partial charge in [0, 0.05) is 0 Å². The molecular formula is C18H31NO4. The van der Waals surface area contributed by atoms with E-state index in [2.05, 4.69) is 19.2 Å². The average molecular weight is 325 g/mol. The van der Waals surface area contributed by atoms with E-state index in [0.29, 0.717) is 11.8 Å². The standard InChI is InChI=1S/C18H31NO4/c1-12(2)11-14-9-6-10-15(14)23-18(22)19-16(17(20)21)13-7-4-3-5-8-13/h12-16H,3-11H2,1-2H3,(H,19,22)(H,20,21)/t14-,15+,16-/m0/s1. The van der Waals surface area contributed by atoms with Gasteiger partial charge in [-0.3, -0.25) is 0 Å². The molecular weight excluding hydrogens is 294 g/mol. The zero-order valence-corrected chi connectivity index (χ0v) is 14.4. The molecule has 0 aromatic carbocycles. The lowest BCUT2D eigenvalue weighted by molar-refractivity contribution is -0.141. The second-order valence-electron chi connectivity index (χ2n) is 7.62. The molecule has 2 fully saturated rings. The molecule has 2 saturated carbocycles. The third-order valence-corrected chi connectivity index (χ3v) is 5.28. The van der Waals surface area contributed by atoms with E-state index in [-0.39, 0.29) is 12.0 Å². The topological polar surface area (TPSA) is 75.6 Å². The monoisotopic (exact) mass is 325 g/mol. The number of amides is 1. The highest BCUT2D eigenvalue weighted by molar-refractivity contribution is 5.80. The van der Waals surface area contributed by atoms with Crippen LogP contribution in [0.1, 0.15) is 71.6 Å². The van der Waals surface area contributed by atoms with Gasteiger partial charge < -0.3 is 15.2 Å². The molecule has 2 aliphatic rings. The van der Waals surface area contributed by atoms with Crippen LogP contribution < -0.4 is 5.32 Å². The van der Waals surface area contributed by atoms with Crippen molar-refractivity contribution in [1.82, 2.24) is 5.32 Å². The van der Waals surface area contributed by atoms with Crippen LogP contribution in [0.5, 0.6) is 0 Å². The number of carboxylic acids is 1. The Labute approximate surface area is 139 Å². The molecule has 0 bridgehead atoms. The summed E-state index contributed by atoms with van der Waals surface area (Å²) in [7, 11) is 0. The van der Waals surface area contributed by atoms with Crippen LogP contribution in [0.2, 0.25) is 0 Å². The van der Waals surface area contributed by atoms with E-state index in [1.807, 2.05) is 0 Å². The molecule has 0 heterocycles. The Bertz CT molecular complexity index is 404. The minimum absolute atomic E-state index is 0.0313. The lowest BCUT2D eigenvalue weighted by atomic mass is 9.84. The highest BCUT2D eigenvalue weighted by Gasteiger charge is 2.34. The van der Waals surface area contributed by atoms with E-state index in [0.717, 1.165) is 57.8 Å². The fourth-order valence-electron chi connectivity index (χ4n) is 4.18. The Morgan fingerprint density at radius 2 is 1.78 bits per heavy atom. The summed E-state index contributed by atoms with van der Waals surface area (Å²) >= 11 is 0. The Hall–Kier alpha value is -1.26. The van der Waals surface area contributed by atoms with Crippen molar-refractivity contribution in [3.05, 3.63) is 0 Å². The highest BCUT2D eigenvalue weighted by Crippen LogP contribution is 2.33. The van der Waals surface area contributed by atoms with Crippen molar-refractivity contribution >= 4 is 12.1 Å². The quantitative estimate of drug-likeness (QED) is 0.775. The maximum absolute atomic E-state index is 12.2. The van der Waals surface area contributed by atoms with Gasteiger partial charge in [-0.25, -0.2) is 9.59 Å². The molecule has 2 N–H and O–H groups in total. The molecule has 0 spiro atoms. The van der Waals surface area contributed by atoms with Crippen molar-refractivity contribution in [2.45, 2.75) is 83.8 Å². The smallest absolute Gasteiger partial charge is 0.408 e. The summed E-state index contributed by atoms with van der Waals surface area (Å²) in [5.74, 6) is 0.0859. The van der Waals surface area contributed by atoms with Crippen LogP contribution in [-0.2, 0) is 9.53 Å². The van der Waals surface area contributed by atoms with E-state index in [4.69, 9.17) is 4.74 Å². The van der Waals surface area contributed by atoms with E-state index in [9.17, 15) is 14.7 Å². The van der Waals surface area contributed by atoms with Crippen molar-refractivity contribution in [3.8, 4) is 0 Å². The first-order valence-corrected chi connectivity index (χ1v) is 9.17. The predicted molar refractivity (Wildman–Crippen MR) is 88.2 cm³/mol. The molecule has 5 nitrogen and oxygen atoms in total. The number of carbonyl (C=O) groups is 2. The Balaban J connectivity index is 1.87. The summed E-state index contributed by atoms with van der Waals surface area (Å²) in [6.07, 6.45) is 8.52. The molecule has 0 aromatic rings. The van der Waals surface area contributed by atoms with Gasteiger partial charge in [-0.2, -0.15) is 0 Å². The van der Waals surface area contributed by atoms with Crippen molar-refractivity contribution < 1.29 is 19.4 Å². The molecule has 23 heavy (non-hydrogen) atoms. The average Bonchev–Trinajstić information content (AvgIpc) is 2.91. The molecule has 2 aliphatic carbocycles. The molecule has 1 amide bonds. The lowest BCUT2D eigenvalue weighted by Gasteiger charge is -2.29. The zero-order valence-electron chi connectivity index (χ0n) is 14.4. The predicted octanol–water partition coefficient (Wildman–Crippen LogP) is 3.96. The van der Waals surface area contributed by atoms with Crippen molar-refractivity contribution in [3.63, 3.8) is 0 Å². The number of alkyl carbamates (subject to hydrolysis) is 1. The number of carbonyl (C=O) groups excluding carboxylic acids is 1. The number of rotatable bonds is 6. The normalized spacial score (nSPS) is 26.9. The summed E-state index contributed by atoms with van der Waals surface area (Å²) in [5, 5.41) is 12.1. The van der Waals surface area contributed by atoms with E-state index in [1.165, 1.54) is 0 Å². The van der Waals surface area contributed by atoms with Gasteiger partial charge in [0.1, 0.15) is 12.1 Å². The van der Waals surface area contributed by atoms with E-state index >= 15 is 0 Å². The van der Waals surface area contributed by atoms with Crippen LogP contribution in [0.25, 0.3) is 0 Å². The van der Waals surface area contributed by atoms with Gasteiger partial charge >= 0.3 is 12.1 Å². The number of ether oxygens (including phenoxy) is 1. The van der Waals surface area contributed by atoms with Gasteiger partial charge in [0.2, 0.25) is 0 Å². The second kappa shape index (κ2) is 8.55. The summed E-state index contributed by atoms with van der Waals surface area (Å²) in [6.45, 7) is 4.36. The number of carboxylic acid groups (broad SMARTS) is 1. The molecule has 3 atom stereocenters. The maximum atomic E-state index is 12.2. The summed E-state index contributed by atoms with van der Waals surface area (Å²) in [6, 6.07) is -0.812. The number of hydrogen-bond acceptors (Lipinski definition) is 3. The van der Waals surface area contributed by atoms with E-state index < -0.39 is 18.1 Å². The van der Waals surface area contributed by atoms with Crippen LogP contribution in [0.3, 0.4) is 0 Å². The number of hydrogen-bond donors (Lipinski definition) is 2. The Kier molecular flexibility index (Phi) is 6.72. The lowest BCUT2D eigenvalue weighted by Crippen LogP contribution is -2.47. The molecule has 0 saturated heterocycles. The highest BCUT2D eigenvalue weighted by atomic mass is 16.6. The van der Waals surface area contributed by atoms with Crippen molar-refractivity contribution in [1.29, 1.82) is 0 Å². The third kappa shape index (κ3) is 5.40. The fourth-order valence-corrected chi connectivity index (χ4v) is 4.18. The molecule has 2 rings (SSSR count). The summed E-state index contributed by atoms with van der Waals surface area (Å²) in [5.41, 5.74) is 0. The molecule has 5 heteroatoms. The summed E-state index contributed by atoms with van der Waals surface area (Å²) in [4.78, 5) is 23.7. The first-order chi connectivity index (χ1) is 11.0. The molecule has 132 valence electrons. The zero-order chi connectivity index (χ0) is 16.8. The minimum atomic E-state index is -0.945. The van der Waals surface area contributed by atoms with Crippen molar-refractivity contribution in [2.75, 3.05) is 0 Å². The Morgan fingerprint density at radius 1 is 1.09 bits per heavy atom. The number of aliphatic carboxylic acids is 1. The second-order valence-corrected chi connectivity index (χ2v) is 7.62. The first kappa shape index (κ1) is 18.1. The SMILES string of the molecule is CC(C)C[C@@H]1CCC[C@H]1OC(=O)N[C@H](C(=O)O)C1CCCCC1. The first-order valence-electron chi connectivity index (χ1n) is 9.17. The van der Waals surface area contributed by atoms with Gasteiger partial charge in [-0.05, 0) is 56.3 Å². The van der Waals surface area contributed by atoms with Crippen molar-refractivity contribution in [2.24, 2.45) is 17.8 Å². The maximum Gasteiger partial charge on any atom is 0.408 e. The molecule has 0 unspecified atom stereocenters. The van der Waals surface area contributed by atoms with Gasteiger partial charge in [-0.15, -0.1) is 0 Å². The molecule has 0 aliphatic heterocycles. The van der Waals surface area contributed by atoms with Crippen LogP contribution in [0.4, 0.5) is 4.79 Å². The van der Waals surface area contributed by atoms with Gasteiger partial charge in [0.25, 0.3) is 0 Å². The van der Waals surface area contributed by atoms with E-state index in [1.54, 1.807) is 0 Å². The van der Waals surface area contributed by atoms with Crippen LogP contribution in [-0.4, -0.2) is 29.3 Å². The third-order valence-electron chi connectivity index (χ3n) is 5.28. The summed E-state index contributed by atoms with van der Waals surface area (Å²) < 4.78 is 5.58. The molecule has 0 radical (unpaired) electrons. The van der Waals surface area contributed by atoms with Gasteiger partial charge in [0.15, 0.2) is 0 Å². The van der Waals surface area contributed by atoms with Crippen LogP contribution >= 0.6 is 0 Å². The van der Waals surface area contributed by atoms with Gasteiger partial charge in [0.05, 0.1) is 0 Å². The molecule has 0 aromatic heterocycles. The largest absolute Gasteiger partial charge is 0.480 e. The fraction of sp³-hybridized carbons (Fsp3) is 0.889. The minimum Gasteiger partial charge on any atom is -0.480 e. The Morgan fingerprint density at radius 3 is 2.39 bits per heavy atom. The van der Waals surface area contributed by atoms with Crippen LogP contribution in [0.15, 0.2) is 0 Å². The van der Waals surface area contributed by atoms with Gasteiger partial charge in [-0.1, -0.05) is 33.1 Å². The van der Waals surface area contributed by atoms with Crippen LogP contribution in [0, 0.1) is 17.8 Å². The number of nitrogens with one attached hydrogen (secondary N) is 1.